The number of piperidine rings is 1. The van der Waals surface area contributed by atoms with E-state index in [1.54, 1.807) is 7.05 Å². The number of aliphatic imine (C=N–C) groups is 1. The van der Waals surface area contributed by atoms with Crippen molar-refractivity contribution in [3.8, 4) is 0 Å². The molecule has 1 atom stereocenters. The number of rotatable bonds is 5. The normalized spacial score (nSPS) is 20.4. The van der Waals surface area contributed by atoms with Crippen LogP contribution < -0.4 is 15.5 Å². The van der Waals surface area contributed by atoms with Gasteiger partial charge in [-0.2, -0.15) is 0 Å². The van der Waals surface area contributed by atoms with Crippen LogP contribution in [-0.2, 0) is 16.1 Å². The molecule has 3 rings (SSSR count). The minimum Gasteiger partial charge on any atom is -0.352 e. The minimum absolute atomic E-state index is 0.208. The summed E-state index contributed by atoms with van der Waals surface area (Å²) in [6.45, 7) is 4.89. The molecule has 0 saturated carbocycles. The average molecular weight is 386 g/mol. The Kier molecular flexibility index (Phi) is 6.90. The third kappa shape index (κ3) is 5.03. The first-order chi connectivity index (χ1) is 13.6. The molecule has 2 saturated heterocycles. The van der Waals surface area contributed by atoms with Crippen molar-refractivity contribution in [1.82, 2.24) is 15.5 Å². The van der Waals surface area contributed by atoms with Crippen molar-refractivity contribution in [3.05, 3.63) is 29.8 Å². The van der Waals surface area contributed by atoms with Gasteiger partial charge in [0.15, 0.2) is 5.96 Å². The number of amides is 2. The van der Waals surface area contributed by atoms with Crippen LogP contribution in [0.2, 0.25) is 0 Å². The lowest BCUT2D eigenvalue weighted by molar-refractivity contribution is -0.129. The molecule has 7 nitrogen and oxygen atoms in total. The lowest BCUT2D eigenvalue weighted by Gasteiger charge is -2.27. The molecular weight excluding hydrogens is 354 g/mol. The van der Waals surface area contributed by atoms with Crippen molar-refractivity contribution in [2.45, 2.75) is 51.6 Å². The molecule has 2 amide bonds. The number of carbonyl (C=O) groups excluding carboxylic acids is 2. The number of nitrogens with zero attached hydrogens (tertiary/aromatic N) is 3. The smallest absolute Gasteiger partial charge is 0.226 e. The highest BCUT2D eigenvalue weighted by atomic mass is 16.2. The molecule has 2 aliphatic rings. The Morgan fingerprint density at radius 1 is 1.21 bits per heavy atom. The van der Waals surface area contributed by atoms with E-state index in [0.29, 0.717) is 19.4 Å². The number of hydrogen-bond acceptors (Lipinski definition) is 3. The van der Waals surface area contributed by atoms with Crippen LogP contribution in [-0.4, -0.2) is 55.4 Å². The second-order valence-electron chi connectivity index (χ2n) is 7.42. The second-order valence-corrected chi connectivity index (χ2v) is 7.42. The second kappa shape index (κ2) is 9.57. The summed E-state index contributed by atoms with van der Waals surface area (Å²) in [5, 5.41) is 6.74. The highest BCUT2D eigenvalue weighted by molar-refractivity contribution is 5.94. The summed E-state index contributed by atoms with van der Waals surface area (Å²) in [7, 11) is 1.75. The van der Waals surface area contributed by atoms with Crippen molar-refractivity contribution in [1.29, 1.82) is 0 Å². The van der Waals surface area contributed by atoms with Crippen LogP contribution in [0, 0.1) is 0 Å². The zero-order valence-electron chi connectivity index (χ0n) is 16.9. The Balaban J connectivity index is 1.49. The van der Waals surface area contributed by atoms with Crippen molar-refractivity contribution in [2.75, 3.05) is 31.6 Å². The van der Waals surface area contributed by atoms with Gasteiger partial charge in [0.05, 0.1) is 0 Å². The van der Waals surface area contributed by atoms with Crippen molar-refractivity contribution < 1.29 is 9.59 Å². The highest BCUT2D eigenvalue weighted by Crippen LogP contribution is 2.21. The summed E-state index contributed by atoms with van der Waals surface area (Å²) in [4.78, 5) is 31.9. The lowest BCUT2D eigenvalue weighted by Crippen LogP contribution is -2.44. The summed E-state index contributed by atoms with van der Waals surface area (Å²) in [6.07, 6.45) is 4.20. The summed E-state index contributed by atoms with van der Waals surface area (Å²) >= 11 is 0. The van der Waals surface area contributed by atoms with Crippen LogP contribution in [0.5, 0.6) is 0 Å². The van der Waals surface area contributed by atoms with Crippen LogP contribution in [0.4, 0.5) is 5.69 Å². The van der Waals surface area contributed by atoms with Crippen LogP contribution in [0.25, 0.3) is 0 Å². The van der Waals surface area contributed by atoms with Crippen molar-refractivity contribution in [3.63, 3.8) is 0 Å². The SMILES string of the molecule is CCC(=O)N1CCC(NC(=NC)NCc2ccc(N3CCCCC3=O)cc2)C1. The van der Waals surface area contributed by atoms with Crippen LogP contribution in [0.1, 0.15) is 44.6 Å². The molecule has 1 aromatic carbocycles. The maximum atomic E-state index is 12.0. The van der Waals surface area contributed by atoms with Gasteiger partial charge in [0, 0.05) is 57.8 Å². The van der Waals surface area contributed by atoms with E-state index < -0.39 is 0 Å². The van der Waals surface area contributed by atoms with Crippen LogP contribution in [0.15, 0.2) is 29.3 Å². The largest absolute Gasteiger partial charge is 0.352 e. The van der Waals surface area contributed by atoms with Gasteiger partial charge in [-0.15, -0.1) is 0 Å². The first kappa shape index (κ1) is 20.2. The third-order valence-electron chi connectivity index (χ3n) is 5.44. The van der Waals surface area contributed by atoms with Gasteiger partial charge in [0.2, 0.25) is 11.8 Å². The Morgan fingerprint density at radius 2 is 2.00 bits per heavy atom. The van der Waals surface area contributed by atoms with E-state index in [9.17, 15) is 9.59 Å². The first-order valence-electron chi connectivity index (χ1n) is 10.2. The van der Waals surface area contributed by atoms with Gasteiger partial charge in [-0.3, -0.25) is 14.6 Å². The van der Waals surface area contributed by atoms with Gasteiger partial charge < -0.3 is 20.4 Å². The quantitative estimate of drug-likeness (QED) is 0.599. The number of nitrogens with one attached hydrogen (secondary N) is 2. The molecule has 28 heavy (non-hydrogen) atoms. The molecule has 0 radical (unpaired) electrons. The van der Waals surface area contributed by atoms with Gasteiger partial charge in [0.1, 0.15) is 0 Å². The Hall–Kier alpha value is -2.57. The van der Waals surface area contributed by atoms with Gasteiger partial charge in [0.25, 0.3) is 0 Å². The van der Waals surface area contributed by atoms with Gasteiger partial charge in [-0.05, 0) is 37.0 Å². The third-order valence-corrected chi connectivity index (χ3v) is 5.44. The molecule has 0 aliphatic carbocycles. The first-order valence-corrected chi connectivity index (χ1v) is 10.2. The van der Waals surface area contributed by atoms with E-state index in [2.05, 4.69) is 27.8 Å². The average Bonchev–Trinajstić information content (AvgIpc) is 3.20. The number of carbonyl (C=O) groups is 2. The zero-order chi connectivity index (χ0) is 19.9. The molecule has 1 aromatic rings. The van der Waals surface area contributed by atoms with Crippen LogP contribution in [0.3, 0.4) is 0 Å². The van der Waals surface area contributed by atoms with E-state index in [1.165, 1.54) is 0 Å². The number of anilines is 1. The molecule has 2 heterocycles. The summed E-state index contributed by atoms with van der Waals surface area (Å²) in [5.74, 6) is 1.17. The number of guanidine groups is 1. The molecule has 7 heteroatoms. The maximum absolute atomic E-state index is 12.0. The van der Waals surface area contributed by atoms with Crippen LogP contribution >= 0.6 is 0 Å². The van der Waals surface area contributed by atoms with E-state index in [-0.39, 0.29) is 17.9 Å². The van der Waals surface area contributed by atoms with Crippen molar-refractivity contribution in [2.24, 2.45) is 4.99 Å². The lowest BCUT2D eigenvalue weighted by atomic mass is 10.1. The molecule has 2 aliphatic heterocycles. The highest BCUT2D eigenvalue weighted by Gasteiger charge is 2.25. The summed E-state index contributed by atoms with van der Waals surface area (Å²) in [6, 6.07) is 8.36. The fourth-order valence-corrected chi connectivity index (χ4v) is 3.77. The number of benzene rings is 1. The topological polar surface area (TPSA) is 77.0 Å². The summed E-state index contributed by atoms with van der Waals surface area (Å²) in [5.41, 5.74) is 2.10. The van der Waals surface area contributed by atoms with Gasteiger partial charge in [-0.25, -0.2) is 0 Å². The molecule has 2 N–H and O–H groups in total. The fourth-order valence-electron chi connectivity index (χ4n) is 3.77. The Morgan fingerprint density at radius 3 is 2.68 bits per heavy atom. The summed E-state index contributed by atoms with van der Waals surface area (Å²) < 4.78 is 0. The number of likely N-dealkylation sites (tertiary alicyclic amines) is 1. The molecule has 1 unspecified atom stereocenters. The van der Waals surface area contributed by atoms with E-state index in [1.807, 2.05) is 28.9 Å². The van der Waals surface area contributed by atoms with Gasteiger partial charge >= 0.3 is 0 Å². The maximum Gasteiger partial charge on any atom is 0.226 e. The fraction of sp³-hybridized carbons (Fsp3) is 0.571. The predicted molar refractivity (Wildman–Crippen MR) is 111 cm³/mol. The monoisotopic (exact) mass is 385 g/mol. The van der Waals surface area contributed by atoms with E-state index >= 15 is 0 Å². The van der Waals surface area contributed by atoms with Gasteiger partial charge in [-0.1, -0.05) is 19.1 Å². The minimum atomic E-state index is 0.208. The molecule has 152 valence electrons. The zero-order valence-corrected chi connectivity index (χ0v) is 16.9. The molecule has 0 aromatic heterocycles. The standard InChI is InChI=1S/C21H31N5O2/c1-3-19(27)25-13-11-17(15-25)24-21(22-2)23-14-16-7-9-18(10-8-16)26-12-5-4-6-20(26)28/h7-10,17H,3-6,11-15H2,1-2H3,(H2,22,23,24). The molecular formula is C21H31N5O2. The molecule has 0 spiro atoms. The van der Waals surface area contributed by atoms with E-state index in [0.717, 1.165) is 56.1 Å². The number of hydrogen-bond donors (Lipinski definition) is 2. The van der Waals surface area contributed by atoms with E-state index in [4.69, 9.17) is 0 Å². The Bertz CT molecular complexity index is 716. The Labute approximate surface area is 167 Å². The van der Waals surface area contributed by atoms with Crippen molar-refractivity contribution >= 4 is 23.5 Å². The molecule has 2 fully saturated rings. The predicted octanol–water partition coefficient (Wildman–Crippen LogP) is 1.88. The molecule has 0 bridgehead atoms.